The van der Waals surface area contributed by atoms with Gasteiger partial charge in [0.15, 0.2) is 5.76 Å². The second kappa shape index (κ2) is 7.52. The number of esters is 1. The molecule has 144 valence electrons. The van der Waals surface area contributed by atoms with Crippen molar-refractivity contribution in [3.8, 4) is 28.6 Å². The Kier molecular flexibility index (Phi) is 4.75. The average Bonchev–Trinajstić information content (AvgIpc) is 2.76. The van der Waals surface area contributed by atoms with Gasteiger partial charge in [-0.25, -0.2) is 4.79 Å². The van der Waals surface area contributed by atoms with Crippen molar-refractivity contribution < 1.29 is 23.8 Å². The van der Waals surface area contributed by atoms with Gasteiger partial charge in [-0.15, -0.1) is 0 Å². The molecule has 1 aromatic heterocycles. The molecule has 0 aliphatic heterocycles. The molecular formula is C23H16O6. The fourth-order valence-electron chi connectivity index (χ4n) is 3.00. The molecule has 0 spiro atoms. The van der Waals surface area contributed by atoms with E-state index >= 15 is 0 Å². The van der Waals surface area contributed by atoms with Crippen LogP contribution in [0.1, 0.15) is 10.4 Å². The number of carbonyl (C=O) groups is 1. The Morgan fingerprint density at radius 3 is 2.28 bits per heavy atom. The molecule has 0 aliphatic carbocycles. The average molecular weight is 388 g/mol. The van der Waals surface area contributed by atoms with E-state index in [1.807, 2.05) is 6.07 Å². The summed E-state index contributed by atoms with van der Waals surface area (Å²) in [5.74, 6) is -0.776. The van der Waals surface area contributed by atoms with E-state index in [0.717, 1.165) is 0 Å². The lowest BCUT2D eigenvalue weighted by Gasteiger charge is -2.11. The topological polar surface area (TPSA) is 86.0 Å². The summed E-state index contributed by atoms with van der Waals surface area (Å²) in [4.78, 5) is 25.1. The van der Waals surface area contributed by atoms with E-state index in [-0.39, 0.29) is 28.2 Å². The number of hydrogen-bond acceptors (Lipinski definition) is 6. The number of benzene rings is 3. The van der Waals surface area contributed by atoms with Crippen LogP contribution in [0.15, 0.2) is 82.0 Å². The van der Waals surface area contributed by atoms with Gasteiger partial charge in [-0.05, 0) is 12.1 Å². The van der Waals surface area contributed by atoms with Crippen LogP contribution in [0.3, 0.4) is 0 Å². The third-order valence-electron chi connectivity index (χ3n) is 4.38. The van der Waals surface area contributed by atoms with Crippen molar-refractivity contribution in [2.24, 2.45) is 0 Å². The molecule has 4 rings (SSSR count). The van der Waals surface area contributed by atoms with Gasteiger partial charge in [-0.3, -0.25) is 4.79 Å². The molecule has 6 heteroatoms. The van der Waals surface area contributed by atoms with Crippen LogP contribution >= 0.6 is 0 Å². The van der Waals surface area contributed by atoms with E-state index in [0.29, 0.717) is 11.1 Å². The van der Waals surface area contributed by atoms with Crippen LogP contribution in [0.25, 0.3) is 22.3 Å². The zero-order valence-corrected chi connectivity index (χ0v) is 15.4. The maximum absolute atomic E-state index is 12.8. The molecule has 6 nitrogen and oxygen atoms in total. The first-order valence-electron chi connectivity index (χ1n) is 8.79. The predicted molar refractivity (Wildman–Crippen MR) is 108 cm³/mol. The van der Waals surface area contributed by atoms with Crippen LogP contribution in [-0.2, 0) is 0 Å². The van der Waals surface area contributed by atoms with E-state index in [1.165, 1.54) is 19.2 Å². The molecule has 0 amide bonds. The summed E-state index contributed by atoms with van der Waals surface area (Å²) in [6, 6.07) is 20.1. The summed E-state index contributed by atoms with van der Waals surface area (Å²) in [5.41, 5.74) is 0.406. The van der Waals surface area contributed by atoms with Gasteiger partial charge in [-0.1, -0.05) is 48.5 Å². The third-order valence-corrected chi connectivity index (χ3v) is 4.38. The summed E-state index contributed by atoms with van der Waals surface area (Å²) >= 11 is 0. The molecule has 1 heterocycles. The Bertz CT molecular complexity index is 1240. The van der Waals surface area contributed by atoms with Crippen molar-refractivity contribution in [2.75, 3.05) is 7.11 Å². The lowest BCUT2D eigenvalue weighted by Crippen LogP contribution is -2.09. The Hall–Kier alpha value is -4.06. The zero-order valence-electron chi connectivity index (χ0n) is 15.4. The van der Waals surface area contributed by atoms with Crippen LogP contribution in [0.4, 0.5) is 0 Å². The molecule has 0 fully saturated rings. The maximum Gasteiger partial charge on any atom is 0.343 e. The molecule has 3 aromatic carbocycles. The van der Waals surface area contributed by atoms with Gasteiger partial charge in [0, 0.05) is 17.7 Å². The first kappa shape index (κ1) is 18.3. The lowest BCUT2D eigenvalue weighted by molar-refractivity contribution is 0.0734. The standard InChI is InChI=1S/C23H16O6/c1-27-17-12-16(28-23(26)15-10-6-3-7-11-15)13-18-19(17)20(24)21(25)22(29-18)14-8-4-2-5-9-14/h2-13,25H,1H3. The van der Waals surface area contributed by atoms with Gasteiger partial charge >= 0.3 is 5.97 Å². The quantitative estimate of drug-likeness (QED) is 0.412. The molecular weight excluding hydrogens is 372 g/mol. The minimum Gasteiger partial charge on any atom is -0.502 e. The van der Waals surface area contributed by atoms with Gasteiger partial charge in [-0.2, -0.15) is 0 Å². The normalized spacial score (nSPS) is 10.7. The van der Waals surface area contributed by atoms with E-state index in [2.05, 4.69) is 0 Å². The number of methoxy groups -OCH3 is 1. The molecule has 0 saturated heterocycles. The Morgan fingerprint density at radius 1 is 0.966 bits per heavy atom. The summed E-state index contributed by atoms with van der Waals surface area (Å²) < 4.78 is 16.5. The zero-order chi connectivity index (χ0) is 20.4. The molecule has 4 aromatic rings. The van der Waals surface area contributed by atoms with Crippen LogP contribution in [0.2, 0.25) is 0 Å². The maximum atomic E-state index is 12.8. The van der Waals surface area contributed by atoms with Crippen molar-refractivity contribution >= 4 is 16.9 Å². The monoisotopic (exact) mass is 388 g/mol. The number of aromatic hydroxyl groups is 1. The van der Waals surface area contributed by atoms with Gasteiger partial charge in [0.25, 0.3) is 0 Å². The smallest absolute Gasteiger partial charge is 0.343 e. The van der Waals surface area contributed by atoms with Crippen molar-refractivity contribution in [1.82, 2.24) is 0 Å². The number of rotatable bonds is 4. The third kappa shape index (κ3) is 3.43. The number of fused-ring (bicyclic) bond motifs is 1. The van der Waals surface area contributed by atoms with Crippen LogP contribution in [-0.4, -0.2) is 18.2 Å². The summed E-state index contributed by atoms with van der Waals surface area (Å²) in [6.45, 7) is 0. The molecule has 0 unspecified atom stereocenters. The second-order valence-electron chi connectivity index (χ2n) is 6.23. The largest absolute Gasteiger partial charge is 0.502 e. The van der Waals surface area contributed by atoms with Gasteiger partial charge in [0.2, 0.25) is 11.2 Å². The molecule has 0 aliphatic rings. The summed E-state index contributed by atoms with van der Waals surface area (Å²) in [6.07, 6.45) is 0. The number of ether oxygens (including phenoxy) is 2. The fraction of sp³-hybridized carbons (Fsp3) is 0.0435. The SMILES string of the molecule is COc1cc(OC(=O)c2ccccc2)cc2oc(-c3ccccc3)c(O)c(=O)c12. The lowest BCUT2D eigenvalue weighted by atomic mass is 10.1. The van der Waals surface area contributed by atoms with Gasteiger partial charge in [0.1, 0.15) is 22.5 Å². The van der Waals surface area contributed by atoms with Crippen LogP contribution in [0.5, 0.6) is 17.2 Å². The van der Waals surface area contributed by atoms with Crippen molar-refractivity contribution in [3.05, 3.63) is 88.6 Å². The summed E-state index contributed by atoms with van der Waals surface area (Å²) in [5, 5.41) is 10.4. The Morgan fingerprint density at radius 2 is 1.62 bits per heavy atom. The molecule has 1 N–H and O–H groups in total. The molecule has 0 atom stereocenters. The van der Waals surface area contributed by atoms with E-state index in [9.17, 15) is 14.7 Å². The molecule has 0 saturated carbocycles. The first-order chi connectivity index (χ1) is 14.1. The van der Waals surface area contributed by atoms with Crippen molar-refractivity contribution in [1.29, 1.82) is 0 Å². The fourth-order valence-corrected chi connectivity index (χ4v) is 3.00. The minimum atomic E-state index is -0.636. The molecule has 0 bridgehead atoms. The van der Waals surface area contributed by atoms with E-state index in [4.69, 9.17) is 13.9 Å². The van der Waals surface area contributed by atoms with Crippen molar-refractivity contribution in [3.63, 3.8) is 0 Å². The van der Waals surface area contributed by atoms with Gasteiger partial charge in [0.05, 0.1) is 12.7 Å². The number of carbonyl (C=O) groups excluding carboxylic acids is 1. The first-order valence-corrected chi connectivity index (χ1v) is 8.79. The number of hydrogen-bond donors (Lipinski definition) is 1. The molecule has 29 heavy (non-hydrogen) atoms. The van der Waals surface area contributed by atoms with Gasteiger partial charge < -0.3 is 19.0 Å². The second-order valence-corrected chi connectivity index (χ2v) is 6.23. The summed E-state index contributed by atoms with van der Waals surface area (Å²) in [7, 11) is 1.37. The highest BCUT2D eigenvalue weighted by Gasteiger charge is 2.20. The van der Waals surface area contributed by atoms with Crippen LogP contribution in [0, 0.1) is 0 Å². The molecule has 0 radical (unpaired) electrons. The highest BCUT2D eigenvalue weighted by molar-refractivity contribution is 5.93. The highest BCUT2D eigenvalue weighted by atomic mass is 16.5. The Balaban J connectivity index is 1.85. The van der Waals surface area contributed by atoms with Crippen molar-refractivity contribution in [2.45, 2.75) is 0 Å². The minimum absolute atomic E-state index is 0.0247. The van der Waals surface area contributed by atoms with E-state index < -0.39 is 17.1 Å². The van der Waals surface area contributed by atoms with Crippen LogP contribution < -0.4 is 14.9 Å². The van der Waals surface area contributed by atoms with E-state index in [1.54, 1.807) is 54.6 Å². The Labute approximate surface area is 165 Å². The predicted octanol–water partition coefficient (Wildman–Crippen LogP) is 4.39. The highest BCUT2D eigenvalue weighted by Crippen LogP contribution is 2.35.